The van der Waals surface area contributed by atoms with Gasteiger partial charge in [0.25, 0.3) is 5.56 Å². The van der Waals surface area contributed by atoms with E-state index in [1.165, 1.54) is 0 Å². The second kappa shape index (κ2) is 4.74. The van der Waals surface area contributed by atoms with E-state index in [1.54, 1.807) is 10.5 Å². The summed E-state index contributed by atoms with van der Waals surface area (Å²) in [5, 5.41) is 1.59. The highest BCUT2D eigenvalue weighted by Gasteiger charge is 2.14. The lowest BCUT2D eigenvalue weighted by molar-refractivity contribution is 1.02. The number of nitrogens with zero attached hydrogens (tertiary/aromatic N) is 1. The van der Waals surface area contributed by atoms with Crippen molar-refractivity contribution in [3.63, 3.8) is 0 Å². The van der Waals surface area contributed by atoms with Gasteiger partial charge in [0.15, 0.2) is 0 Å². The van der Waals surface area contributed by atoms with Crippen LogP contribution in [-0.2, 0) is 0 Å². The van der Waals surface area contributed by atoms with Gasteiger partial charge in [-0.3, -0.25) is 9.20 Å². The molecule has 2 nitrogen and oxygen atoms in total. The quantitative estimate of drug-likeness (QED) is 0.701. The number of hydrogen-bond donors (Lipinski definition) is 0. The summed E-state index contributed by atoms with van der Waals surface area (Å²) < 4.78 is 1.63. The molecule has 98 valence electrons. The largest absolute Gasteiger partial charge is 0.278 e. The number of hydrogen-bond acceptors (Lipinski definition) is 1. The second-order valence-electron chi connectivity index (χ2n) is 4.54. The monoisotopic (exact) mass is 261 g/mol. The van der Waals surface area contributed by atoms with Crippen LogP contribution in [-0.4, -0.2) is 4.40 Å². The maximum atomic E-state index is 12.6. The lowest BCUT2D eigenvalue weighted by atomic mass is 10.1. The molecule has 0 aliphatic rings. The van der Waals surface area contributed by atoms with Gasteiger partial charge >= 0.3 is 0 Å². The van der Waals surface area contributed by atoms with E-state index in [0.29, 0.717) is 15.7 Å². The molecule has 0 atom stereocenters. The van der Waals surface area contributed by atoms with Crippen LogP contribution in [0, 0.1) is 13.8 Å². The molecule has 20 heavy (non-hydrogen) atoms. The van der Waals surface area contributed by atoms with Crippen LogP contribution in [0.3, 0.4) is 0 Å². The molecule has 2 heteroatoms. The van der Waals surface area contributed by atoms with Crippen molar-refractivity contribution in [1.29, 1.82) is 0 Å². The molecule has 0 amide bonds. The maximum absolute atomic E-state index is 12.6. The molecule has 2 rings (SSSR count). The van der Waals surface area contributed by atoms with Gasteiger partial charge in [-0.1, -0.05) is 26.3 Å². The normalized spacial score (nSPS) is 9.90. The summed E-state index contributed by atoms with van der Waals surface area (Å²) in [6.45, 7) is 18.7. The zero-order valence-electron chi connectivity index (χ0n) is 11.8. The smallest absolute Gasteiger partial charge is 0.271 e. The molecule has 0 aliphatic heterocycles. The van der Waals surface area contributed by atoms with Crippen LogP contribution in [0.5, 0.6) is 0 Å². The molecule has 0 fully saturated rings. The number of rotatable bonds is 1. The Morgan fingerprint density at radius 1 is 1.10 bits per heavy atom. The minimum atomic E-state index is -0.177. The molecular formula is C18H15NO. The molecule has 0 aromatic carbocycles. The molecule has 0 aliphatic carbocycles. The summed E-state index contributed by atoms with van der Waals surface area (Å²) in [5.74, 6) is 0. The van der Waals surface area contributed by atoms with E-state index in [-0.39, 0.29) is 5.56 Å². The van der Waals surface area contributed by atoms with Crippen molar-refractivity contribution in [1.82, 2.24) is 4.40 Å². The molecule has 0 unspecified atom stereocenters. The number of pyridine rings is 1. The van der Waals surface area contributed by atoms with Crippen LogP contribution in [0.1, 0.15) is 16.8 Å². The Morgan fingerprint density at radius 2 is 1.70 bits per heavy atom. The highest BCUT2D eigenvalue weighted by molar-refractivity contribution is 5.75. The first-order valence-electron chi connectivity index (χ1n) is 6.12. The van der Waals surface area contributed by atoms with Gasteiger partial charge in [0.05, 0.1) is 10.7 Å². The van der Waals surface area contributed by atoms with Gasteiger partial charge in [0, 0.05) is 21.7 Å². The Labute approximate surface area is 117 Å². The number of aromatic nitrogens is 1. The Morgan fingerprint density at radius 3 is 2.20 bits per heavy atom. The van der Waals surface area contributed by atoms with Crippen molar-refractivity contribution < 1.29 is 0 Å². The van der Waals surface area contributed by atoms with Crippen LogP contribution in [0.25, 0.3) is 29.6 Å². The van der Waals surface area contributed by atoms with E-state index in [0.717, 1.165) is 22.3 Å². The van der Waals surface area contributed by atoms with Gasteiger partial charge in [0.2, 0.25) is 0 Å². The molecule has 0 bridgehead atoms. The van der Waals surface area contributed by atoms with E-state index in [9.17, 15) is 4.79 Å². The van der Waals surface area contributed by atoms with Crippen LogP contribution in [0.15, 0.2) is 30.3 Å². The van der Waals surface area contributed by atoms with E-state index >= 15 is 0 Å². The summed E-state index contributed by atoms with van der Waals surface area (Å²) in [5.41, 5.74) is 11.6. The van der Waals surface area contributed by atoms with Crippen molar-refractivity contribution in [2.24, 2.45) is 0 Å². The van der Waals surface area contributed by atoms with Gasteiger partial charge in [0.1, 0.15) is 0 Å². The fraction of sp³-hybridized carbons (Fsp3) is 0.111. The molecule has 2 aromatic rings. The standard InChI is InChI=1S/C18H15NO/c1-7-10-16-11(4)13(6)19-17(16)14(8-2)12(5)15(9-3)18(19)20/h10H,1-3,5H2,4,6H3. The van der Waals surface area contributed by atoms with Gasteiger partial charge in [-0.15, -0.1) is 17.2 Å². The van der Waals surface area contributed by atoms with E-state index in [2.05, 4.69) is 43.5 Å². The van der Waals surface area contributed by atoms with Crippen LogP contribution in [0.4, 0.5) is 0 Å². The third kappa shape index (κ3) is 1.58. The lowest BCUT2D eigenvalue weighted by Gasteiger charge is -1.98. The van der Waals surface area contributed by atoms with E-state index in [1.807, 2.05) is 13.8 Å². The van der Waals surface area contributed by atoms with Crippen LogP contribution >= 0.6 is 0 Å². The number of fused-ring (bicyclic) bond motifs is 1. The highest BCUT2D eigenvalue weighted by atomic mass is 16.1. The molecule has 2 heterocycles. The highest BCUT2D eigenvalue weighted by Crippen LogP contribution is 2.19. The summed E-state index contributed by atoms with van der Waals surface area (Å²) in [6, 6.07) is 0. The SMILES string of the molecule is C=C=Cc1c(C)c(C)n2c(=O)c(=C=C)c(=C)c(=C=C)c12. The third-order valence-electron chi connectivity index (χ3n) is 3.62. The molecule has 0 N–H and O–H groups in total. The van der Waals surface area contributed by atoms with Gasteiger partial charge in [-0.2, -0.15) is 0 Å². The van der Waals surface area contributed by atoms with Gasteiger partial charge < -0.3 is 0 Å². The second-order valence-corrected chi connectivity index (χ2v) is 4.54. The topological polar surface area (TPSA) is 21.5 Å². The van der Waals surface area contributed by atoms with Crippen molar-refractivity contribution in [3.8, 4) is 0 Å². The molecule has 2 aromatic heterocycles. The van der Waals surface area contributed by atoms with Crippen molar-refractivity contribution in [2.75, 3.05) is 0 Å². The average molecular weight is 261 g/mol. The molecule has 0 saturated carbocycles. The Kier molecular flexibility index (Phi) is 3.24. The summed E-state index contributed by atoms with van der Waals surface area (Å²) in [6.07, 6.45) is 1.76. The average Bonchev–Trinajstić information content (AvgIpc) is 2.66. The lowest BCUT2D eigenvalue weighted by Crippen LogP contribution is -2.50. The van der Waals surface area contributed by atoms with E-state index < -0.39 is 0 Å². The first-order chi connectivity index (χ1) is 9.49. The minimum absolute atomic E-state index is 0.177. The van der Waals surface area contributed by atoms with Crippen molar-refractivity contribution >= 4 is 29.6 Å². The summed E-state index contributed by atoms with van der Waals surface area (Å²) in [4.78, 5) is 12.6. The first kappa shape index (κ1) is 13.7. The molecule has 0 saturated heterocycles. The first-order valence-corrected chi connectivity index (χ1v) is 6.12. The maximum Gasteiger partial charge on any atom is 0.271 e. The molecular weight excluding hydrogens is 246 g/mol. The van der Waals surface area contributed by atoms with Crippen molar-refractivity contribution in [2.45, 2.75) is 13.8 Å². The van der Waals surface area contributed by atoms with Crippen molar-refractivity contribution in [3.05, 3.63) is 68.3 Å². The van der Waals surface area contributed by atoms with Gasteiger partial charge in [-0.25, -0.2) is 0 Å². The van der Waals surface area contributed by atoms with Crippen LogP contribution < -0.4 is 21.2 Å². The molecule has 0 radical (unpaired) electrons. The minimum Gasteiger partial charge on any atom is -0.278 e. The Hall–Kier alpha value is -2.75. The van der Waals surface area contributed by atoms with Gasteiger partial charge in [-0.05, 0) is 25.5 Å². The summed E-state index contributed by atoms with van der Waals surface area (Å²) >= 11 is 0. The fourth-order valence-electron chi connectivity index (χ4n) is 2.49. The summed E-state index contributed by atoms with van der Waals surface area (Å²) in [7, 11) is 0. The predicted octanol–water partition coefficient (Wildman–Crippen LogP) is 0.974. The Bertz CT molecular complexity index is 1050. The third-order valence-corrected chi connectivity index (χ3v) is 3.62. The van der Waals surface area contributed by atoms with E-state index in [4.69, 9.17) is 0 Å². The zero-order valence-corrected chi connectivity index (χ0v) is 11.8. The fourth-order valence-corrected chi connectivity index (χ4v) is 2.49. The zero-order chi connectivity index (χ0) is 15.0. The Balaban J connectivity index is 3.55. The predicted molar refractivity (Wildman–Crippen MR) is 84.8 cm³/mol. The van der Waals surface area contributed by atoms with Crippen LogP contribution in [0.2, 0.25) is 0 Å². The molecule has 0 spiro atoms. The number of aryl methyl sites for hydroxylation is 1.